The Kier molecular flexibility index (Phi) is 3.20. The lowest BCUT2D eigenvalue weighted by atomic mass is 9.50. The predicted octanol–water partition coefficient (Wildman–Crippen LogP) is 3.64. The van der Waals surface area contributed by atoms with Gasteiger partial charge in [0, 0.05) is 17.3 Å². The van der Waals surface area contributed by atoms with E-state index in [1.165, 1.54) is 5.57 Å². The highest BCUT2D eigenvalue weighted by Gasteiger charge is 2.63. The molecular formula is C20H24FNO2. The van der Waals surface area contributed by atoms with E-state index in [1.807, 2.05) is 6.92 Å². The van der Waals surface area contributed by atoms with Gasteiger partial charge in [0.05, 0.1) is 6.07 Å². The third-order valence-corrected chi connectivity index (χ3v) is 7.66. The molecular weight excluding hydrogens is 305 g/mol. The molecule has 128 valence electrons. The minimum atomic E-state index is -1.31. The second kappa shape index (κ2) is 4.79. The molecule has 2 saturated carbocycles. The highest BCUT2D eigenvalue weighted by molar-refractivity contribution is 5.92. The summed E-state index contributed by atoms with van der Waals surface area (Å²) in [4.78, 5) is 11.8. The number of ketones is 1. The lowest BCUT2D eigenvalue weighted by Gasteiger charge is -2.54. The summed E-state index contributed by atoms with van der Waals surface area (Å²) in [6, 6.07) is 2.13. The number of fused-ring (bicyclic) bond motifs is 5. The minimum absolute atomic E-state index is 0.0320. The third kappa shape index (κ3) is 1.77. The lowest BCUT2D eigenvalue weighted by Crippen LogP contribution is -2.51. The normalized spacial score (nSPS) is 50.1. The van der Waals surface area contributed by atoms with Crippen molar-refractivity contribution < 1.29 is 14.3 Å². The molecule has 6 atom stereocenters. The van der Waals surface area contributed by atoms with Crippen molar-refractivity contribution >= 4 is 5.78 Å². The number of carbonyl (C=O) groups is 1. The number of hydrogen-bond donors (Lipinski definition) is 1. The van der Waals surface area contributed by atoms with E-state index in [2.05, 4.69) is 19.1 Å². The van der Waals surface area contributed by atoms with Crippen LogP contribution in [-0.2, 0) is 4.79 Å². The Morgan fingerprint density at radius 1 is 1.33 bits per heavy atom. The Morgan fingerprint density at radius 3 is 2.79 bits per heavy atom. The van der Waals surface area contributed by atoms with Crippen LogP contribution < -0.4 is 0 Å². The Morgan fingerprint density at radius 2 is 2.08 bits per heavy atom. The van der Waals surface area contributed by atoms with Crippen molar-refractivity contribution in [1.82, 2.24) is 0 Å². The predicted molar refractivity (Wildman–Crippen MR) is 87.5 cm³/mol. The van der Waals surface area contributed by atoms with Crippen LogP contribution in [0.1, 0.15) is 52.4 Å². The van der Waals surface area contributed by atoms with E-state index in [-0.39, 0.29) is 23.0 Å². The SMILES string of the molecule is C[C@]12CCC(=O)C=C1[C@@H](F)C[C@@H]1C2=CC[C@@]2(C)[C@H]1CC[C@]2(O)C#N. The number of nitrogens with zero attached hydrogens (tertiary/aromatic N) is 1. The Hall–Kier alpha value is -1.47. The van der Waals surface area contributed by atoms with Gasteiger partial charge in [-0.15, -0.1) is 0 Å². The molecule has 4 heteroatoms. The summed E-state index contributed by atoms with van der Waals surface area (Å²) in [5.41, 5.74) is -0.286. The van der Waals surface area contributed by atoms with Crippen molar-refractivity contribution in [1.29, 1.82) is 5.26 Å². The van der Waals surface area contributed by atoms with Crippen molar-refractivity contribution in [3.63, 3.8) is 0 Å². The summed E-state index contributed by atoms with van der Waals surface area (Å²) >= 11 is 0. The van der Waals surface area contributed by atoms with Crippen LogP contribution in [-0.4, -0.2) is 22.7 Å². The van der Waals surface area contributed by atoms with E-state index >= 15 is 0 Å². The molecule has 0 aromatic heterocycles. The molecule has 3 nitrogen and oxygen atoms in total. The van der Waals surface area contributed by atoms with Gasteiger partial charge in [0.25, 0.3) is 0 Å². The molecule has 4 rings (SSSR count). The van der Waals surface area contributed by atoms with E-state index < -0.39 is 17.2 Å². The van der Waals surface area contributed by atoms with Gasteiger partial charge < -0.3 is 5.11 Å². The van der Waals surface area contributed by atoms with Crippen molar-refractivity contribution in [2.24, 2.45) is 22.7 Å². The topological polar surface area (TPSA) is 61.1 Å². The monoisotopic (exact) mass is 329 g/mol. The molecule has 24 heavy (non-hydrogen) atoms. The molecule has 1 N–H and O–H groups in total. The van der Waals surface area contributed by atoms with Crippen molar-refractivity contribution in [2.75, 3.05) is 0 Å². The molecule has 2 fully saturated rings. The molecule has 0 heterocycles. The highest BCUT2D eigenvalue weighted by atomic mass is 19.1. The van der Waals surface area contributed by atoms with Crippen molar-refractivity contribution in [3.05, 3.63) is 23.3 Å². The third-order valence-electron chi connectivity index (χ3n) is 7.66. The summed E-state index contributed by atoms with van der Waals surface area (Å²) in [6.07, 6.45) is 6.01. The molecule has 0 aliphatic heterocycles. The zero-order chi connectivity index (χ0) is 17.3. The summed E-state index contributed by atoms with van der Waals surface area (Å²) in [6.45, 7) is 4.07. The Balaban J connectivity index is 1.81. The molecule has 0 spiro atoms. The summed E-state index contributed by atoms with van der Waals surface area (Å²) in [5, 5.41) is 20.3. The highest BCUT2D eigenvalue weighted by Crippen LogP contribution is 2.65. The van der Waals surface area contributed by atoms with Crippen LogP contribution in [0.25, 0.3) is 0 Å². The average Bonchev–Trinajstić information content (AvgIpc) is 2.82. The first kappa shape index (κ1) is 16.0. The second-order valence-electron chi connectivity index (χ2n) is 8.61. The van der Waals surface area contributed by atoms with Crippen LogP contribution in [0, 0.1) is 34.0 Å². The number of hydrogen-bond acceptors (Lipinski definition) is 3. The molecule has 4 aliphatic carbocycles. The van der Waals surface area contributed by atoms with Gasteiger partial charge in [-0.1, -0.05) is 25.5 Å². The fraction of sp³-hybridized carbons (Fsp3) is 0.700. The molecule has 0 radical (unpaired) electrons. The number of carbonyl (C=O) groups excluding carboxylic acids is 1. The molecule has 0 aromatic carbocycles. The Labute approximate surface area is 142 Å². The Bertz CT molecular complexity index is 720. The van der Waals surface area contributed by atoms with Crippen molar-refractivity contribution in [2.45, 2.75) is 64.1 Å². The van der Waals surface area contributed by atoms with Crippen LogP contribution in [0.15, 0.2) is 23.3 Å². The number of rotatable bonds is 0. The van der Waals surface area contributed by atoms with E-state index in [9.17, 15) is 19.6 Å². The van der Waals surface area contributed by atoms with Gasteiger partial charge in [-0.3, -0.25) is 4.79 Å². The summed E-state index contributed by atoms with van der Waals surface area (Å²) < 4.78 is 15.0. The standard InChI is InChI=1S/C20H24FNO2/c1-18-6-3-12(23)9-16(18)17(21)10-13-14(18)4-7-19(2)15(13)5-8-20(19,24)11-22/h4,9,13,15,17,24H,3,5-8,10H2,1-2H3/t13-,15+,17+,18-,19+,20+/m1/s1. The van der Waals surface area contributed by atoms with Crippen molar-refractivity contribution in [3.8, 4) is 6.07 Å². The largest absolute Gasteiger partial charge is 0.375 e. The average molecular weight is 329 g/mol. The van der Waals surface area contributed by atoms with E-state index in [0.717, 1.165) is 6.42 Å². The van der Waals surface area contributed by atoms with Crippen LogP contribution >= 0.6 is 0 Å². The van der Waals surface area contributed by atoms with Crippen LogP contribution in [0.3, 0.4) is 0 Å². The molecule has 0 bridgehead atoms. The molecule has 0 aromatic rings. The van der Waals surface area contributed by atoms with E-state index in [0.29, 0.717) is 37.7 Å². The van der Waals surface area contributed by atoms with Gasteiger partial charge in [-0.05, 0) is 55.6 Å². The van der Waals surface area contributed by atoms with Gasteiger partial charge in [0.2, 0.25) is 0 Å². The zero-order valence-electron chi connectivity index (χ0n) is 14.3. The number of alkyl halides is 1. The molecule has 4 aliphatic rings. The van der Waals surface area contributed by atoms with Gasteiger partial charge >= 0.3 is 0 Å². The zero-order valence-corrected chi connectivity index (χ0v) is 14.3. The first-order valence-corrected chi connectivity index (χ1v) is 8.98. The van der Waals surface area contributed by atoms with E-state index in [4.69, 9.17) is 0 Å². The number of nitriles is 1. The smallest absolute Gasteiger partial charge is 0.156 e. The maximum atomic E-state index is 15.0. The van der Waals surface area contributed by atoms with E-state index in [1.54, 1.807) is 6.08 Å². The lowest BCUT2D eigenvalue weighted by molar-refractivity contribution is -0.116. The van der Waals surface area contributed by atoms with Crippen LogP contribution in [0.2, 0.25) is 0 Å². The van der Waals surface area contributed by atoms with Crippen LogP contribution in [0.5, 0.6) is 0 Å². The maximum absolute atomic E-state index is 15.0. The molecule has 0 saturated heterocycles. The quantitative estimate of drug-likeness (QED) is 0.545. The van der Waals surface area contributed by atoms with Gasteiger partial charge in [-0.2, -0.15) is 5.26 Å². The maximum Gasteiger partial charge on any atom is 0.156 e. The summed E-state index contributed by atoms with van der Waals surface area (Å²) in [5.74, 6) is 0.234. The second-order valence-corrected chi connectivity index (χ2v) is 8.61. The van der Waals surface area contributed by atoms with Gasteiger partial charge in [0.1, 0.15) is 6.17 Å². The van der Waals surface area contributed by atoms with Crippen LogP contribution in [0.4, 0.5) is 4.39 Å². The first-order valence-electron chi connectivity index (χ1n) is 8.98. The fourth-order valence-corrected chi connectivity index (χ4v) is 6.06. The molecule has 0 unspecified atom stereocenters. The molecule has 0 amide bonds. The summed E-state index contributed by atoms with van der Waals surface area (Å²) in [7, 11) is 0. The van der Waals surface area contributed by atoms with Gasteiger partial charge in [0.15, 0.2) is 11.4 Å². The first-order chi connectivity index (χ1) is 11.2. The van der Waals surface area contributed by atoms with Gasteiger partial charge in [-0.25, -0.2) is 4.39 Å². The fourth-order valence-electron chi connectivity index (χ4n) is 6.06. The minimum Gasteiger partial charge on any atom is -0.375 e. The number of halogens is 1. The number of allylic oxidation sites excluding steroid dienone is 4. The number of aliphatic hydroxyl groups is 1.